The lowest BCUT2D eigenvalue weighted by molar-refractivity contribution is 0.212. The maximum absolute atomic E-state index is 13.5. The first-order valence-electron chi connectivity index (χ1n) is 8.82. The van der Waals surface area contributed by atoms with E-state index in [0.717, 1.165) is 13.0 Å². The number of piperidine rings is 1. The summed E-state index contributed by atoms with van der Waals surface area (Å²) in [5.41, 5.74) is 1.26. The minimum Gasteiger partial charge on any atom is -0.468 e. The summed E-state index contributed by atoms with van der Waals surface area (Å²) in [6.07, 6.45) is 8.71. The molecule has 1 aliphatic carbocycles. The fourth-order valence-electron chi connectivity index (χ4n) is 3.76. The van der Waals surface area contributed by atoms with E-state index in [1.54, 1.807) is 40.9 Å². The first-order valence-corrected chi connectivity index (χ1v) is 10.3. The summed E-state index contributed by atoms with van der Waals surface area (Å²) in [5, 5.41) is 3.38. The van der Waals surface area contributed by atoms with Crippen LogP contribution >= 0.6 is 0 Å². The zero-order chi connectivity index (χ0) is 18.0. The molecule has 2 atom stereocenters. The summed E-state index contributed by atoms with van der Waals surface area (Å²) in [4.78, 5) is 0.314. The number of allylic oxidation sites excluding steroid dienone is 3. The van der Waals surface area contributed by atoms with Gasteiger partial charge in [-0.3, -0.25) is 0 Å². The Morgan fingerprint density at radius 3 is 2.77 bits per heavy atom. The van der Waals surface area contributed by atoms with Crippen molar-refractivity contribution in [1.29, 1.82) is 0 Å². The normalized spacial score (nSPS) is 22.9. The van der Waals surface area contributed by atoms with E-state index in [9.17, 15) is 8.42 Å². The molecule has 1 aliphatic heterocycles. The van der Waals surface area contributed by atoms with Crippen molar-refractivity contribution in [3.05, 3.63) is 78.3 Å². The van der Waals surface area contributed by atoms with E-state index in [1.165, 1.54) is 5.57 Å². The number of benzene rings is 1. The van der Waals surface area contributed by atoms with Gasteiger partial charge in [-0.25, -0.2) is 8.42 Å². The molecule has 1 saturated heterocycles. The third kappa shape index (κ3) is 3.28. The van der Waals surface area contributed by atoms with Gasteiger partial charge in [0, 0.05) is 25.0 Å². The van der Waals surface area contributed by atoms with Crippen molar-refractivity contribution in [3.63, 3.8) is 0 Å². The molecule has 1 aromatic heterocycles. The molecule has 0 amide bonds. The van der Waals surface area contributed by atoms with Crippen LogP contribution in [0.15, 0.2) is 81.8 Å². The van der Waals surface area contributed by atoms with E-state index < -0.39 is 10.0 Å². The number of hydrogen-bond acceptors (Lipinski definition) is 4. The Morgan fingerprint density at radius 2 is 2.00 bits per heavy atom. The van der Waals surface area contributed by atoms with Crippen molar-refractivity contribution < 1.29 is 12.8 Å². The highest BCUT2D eigenvalue weighted by Crippen LogP contribution is 2.33. The number of nitrogens with one attached hydrogen (secondary N) is 1. The van der Waals surface area contributed by atoms with Crippen LogP contribution in [-0.4, -0.2) is 31.9 Å². The van der Waals surface area contributed by atoms with Crippen LogP contribution in [0.5, 0.6) is 0 Å². The average Bonchev–Trinajstić information content (AvgIpc) is 3.20. The molecule has 1 aromatic carbocycles. The average molecular weight is 370 g/mol. The van der Waals surface area contributed by atoms with Crippen molar-refractivity contribution >= 4 is 10.0 Å². The van der Waals surface area contributed by atoms with Crippen molar-refractivity contribution in [3.8, 4) is 0 Å². The van der Waals surface area contributed by atoms with Crippen LogP contribution < -0.4 is 5.32 Å². The van der Waals surface area contributed by atoms with Gasteiger partial charge in [0.2, 0.25) is 10.0 Å². The predicted molar refractivity (Wildman–Crippen MR) is 99.9 cm³/mol. The highest BCUT2D eigenvalue weighted by Gasteiger charge is 2.39. The van der Waals surface area contributed by atoms with Crippen LogP contribution in [0.25, 0.3) is 0 Å². The van der Waals surface area contributed by atoms with Gasteiger partial charge in [0.05, 0.1) is 17.7 Å². The van der Waals surface area contributed by atoms with Gasteiger partial charge in [0.25, 0.3) is 0 Å². The summed E-state index contributed by atoms with van der Waals surface area (Å²) in [7, 11) is -3.65. The van der Waals surface area contributed by atoms with Crippen molar-refractivity contribution in [2.24, 2.45) is 5.92 Å². The molecule has 2 heterocycles. The molecular weight excluding hydrogens is 348 g/mol. The Bertz CT molecular complexity index is 902. The minimum absolute atomic E-state index is 0.157. The lowest BCUT2D eigenvalue weighted by atomic mass is 9.82. The van der Waals surface area contributed by atoms with Gasteiger partial charge in [-0.2, -0.15) is 4.31 Å². The largest absolute Gasteiger partial charge is 0.468 e. The van der Waals surface area contributed by atoms with Gasteiger partial charge in [0.15, 0.2) is 0 Å². The van der Waals surface area contributed by atoms with Crippen LogP contribution in [0.2, 0.25) is 0 Å². The minimum atomic E-state index is -3.65. The second kappa shape index (κ2) is 7.23. The zero-order valence-corrected chi connectivity index (χ0v) is 15.2. The molecule has 5 nitrogen and oxygen atoms in total. The van der Waals surface area contributed by atoms with E-state index in [4.69, 9.17) is 4.42 Å². The molecule has 6 heteroatoms. The molecule has 2 aromatic rings. The molecule has 26 heavy (non-hydrogen) atoms. The number of sulfonamides is 1. The lowest BCUT2D eigenvalue weighted by Gasteiger charge is -2.41. The second-order valence-electron chi connectivity index (χ2n) is 6.65. The van der Waals surface area contributed by atoms with Crippen molar-refractivity contribution in [1.82, 2.24) is 9.62 Å². The first kappa shape index (κ1) is 17.3. The third-order valence-electron chi connectivity index (χ3n) is 5.07. The Morgan fingerprint density at radius 1 is 1.15 bits per heavy atom. The number of rotatable bonds is 5. The molecule has 0 spiro atoms. The fraction of sp³-hybridized carbons (Fsp3) is 0.300. The smallest absolute Gasteiger partial charge is 0.243 e. The molecule has 136 valence electrons. The number of hydrogen-bond donors (Lipinski definition) is 1. The molecule has 0 saturated carbocycles. The van der Waals surface area contributed by atoms with Crippen LogP contribution in [0.4, 0.5) is 0 Å². The molecule has 0 bridgehead atoms. The van der Waals surface area contributed by atoms with Crippen LogP contribution in [0.1, 0.15) is 12.2 Å². The van der Waals surface area contributed by atoms with Crippen LogP contribution in [-0.2, 0) is 16.6 Å². The van der Waals surface area contributed by atoms with E-state index in [2.05, 4.69) is 23.5 Å². The Balaban J connectivity index is 1.73. The van der Waals surface area contributed by atoms with E-state index >= 15 is 0 Å². The van der Waals surface area contributed by atoms with Crippen molar-refractivity contribution in [2.45, 2.75) is 23.9 Å². The number of nitrogens with zero attached hydrogens (tertiary/aromatic N) is 1. The van der Waals surface area contributed by atoms with Gasteiger partial charge in [-0.1, -0.05) is 42.0 Å². The Hall–Kier alpha value is -2.15. The predicted octanol–water partition coefficient (Wildman–Crippen LogP) is 2.94. The summed E-state index contributed by atoms with van der Waals surface area (Å²) in [5.74, 6) is 0.835. The van der Waals surface area contributed by atoms with Gasteiger partial charge in [0.1, 0.15) is 5.76 Å². The highest BCUT2D eigenvalue weighted by atomic mass is 32.2. The first-order chi connectivity index (χ1) is 12.7. The number of fused-ring (bicyclic) bond motifs is 1. The lowest BCUT2D eigenvalue weighted by Crippen LogP contribution is -2.54. The topological polar surface area (TPSA) is 62.6 Å². The molecule has 1 fully saturated rings. The molecule has 1 N–H and O–H groups in total. The van der Waals surface area contributed by atoms with E-state index in [1.807, 2.05) is 12.1 Å². The van der Waals surface area contributed by atoms with Crippen molar-refractivity contribution in [2.75, 3.05) is 13.1 Å². The maximum atomic E-state index is 13.5. The van der Waals surface area contributed by atoms with E-state index in [-0.39, 0.29) is 18.5 Å². The zero-order valence-electron chi connectivity index (χ0n) is 14.4. The fourth-order valence-corrected chi connectivity index (χ4v) is 5.41. The maximum Gasteiger partial charge on any atom is 0.243 e. The van der Waals surface area contributed by atoms with Gasteiger partial charge in [-0.15, -0.1) is 0 Å². The standard InChI is InChI=1S/C20H22N2O3S/c23-26(24,18-9-2-1-3-10-18)22(15-17-8-6-12-25-17)20-14-21-13-16-7-4-5-11-19(16)20/h1-10,12,19-21H,11,13-15H2. The number of furan rings is 1. The summed E-state index contributed by atoms with van der Waals surface area (Å²) < 4.78 is 34.0. The SMILES string of the molecule is O=S(=O)(c1ccccc1)N(Cc1ccco1)C1CNCC2=CC=CCC21. The quantitative estimate of drug-likeness (QED) is 0.879. The molecule has 4 rings (SSSR count). The second-order valence-corrected chi connectivity index (χ2v) is 8.54. The Labute approximate surface area is 154 Å². The molecule has 2 unspecified atom stereocenters. The van der Waals surface area contributed by atoms with Crippen LogP contribution in [0, 0.1) is 5.92 Å². The van der Waals surface area contributed by atoms with Gasteiger partial charge in [-0.05, 0) is 30.7 Å². The molecule has 2 aliphatic rings. The highest BCUT2D eigenvalue weighted by molar-refractivity contribution is 7.89. The Kier molecular flexibility index (Phi) is 4.80. The summed E-state index contributed by atoms with van der Waals surface area (Å²) >= 11 is 0. The monoisotopic (exact) mass is 370 g/mol. The summed E-state index contributed by atoms with van der Waals surface area (Å²) in [6, 6.07) is 12.1. The van der Waals surface area contributed by atoms with E-state index in [0.29, 0.717) is 17.2 Å². The molecular formula is C20H22N2O3S. The third-order valence-corrected chi connectivity index (χ3v) is 6.96. The molecule has 0 radical (unpaired) electrons. The van der Waals surface area contributed by atoms with Gasteiger partial charge >= 0.3 is 0 Å². The van der Waals surface area contributed by atoms with Crippen LogP contribution in [0.3, 0.4) is 0 Å². The summed E-state index contributed by atoms with van der Waals surface area (Å²) in [6.45, 7) is 1.66. The van der Waals surface area contributed by atoms with Gasteiger partial charge < -0.3 is 9.73 Å².